The number of carboxylic acid groups (broad SMARTS) is 2. The van der Waals surface area contributed by atoms with Crippen LogP contribution in [0.3, 0.4) is 0 Å². The van der Waals surface area contributed by atoms with Crippen LogP contribution >= 0.6 is 0 Å². The lowest BCUT2D eigenvalue weighted by Crippen LogP contribution is -2.08. The number of aliphatic carboxylic acids is 2. The molecule has 0 rings (SSSR count). The molecule has 0 aromatic carbocycles. The number of ether oxygens (including phenoxy) is 2. The average Bonchev–Trinajstić information content (AvgIpc) is 3.13. The van der Waals surface area contributed by atoms with Crippen molar-refractivity contribution in [2.24, 2.45) is 0 Å². The third kappa shape index (κ3) is 33.1. The Labute approximate surface area is 335 Å². The lowest BCUT2D eigenvalue weighted by Gasteiger charge is -2.04. The number of hydrogen-bond acceptors (Lipinski definition) is 6. The lowest BCUT2D eigenvalue weighted by atomic mass is 10.1. The van der Waals surface area contributed by atoms with E-state index in [1.54, 1.807) is 0 Å². The van der Waals surface area contributed by atoms with E-state index in [-0.39, 0.29) is 38.9 Å². The van der Waals surface area contributed by atoms with Gasteiger partial charge in [-0.3, -0.25) is 19.2 Å². The molecule has 0 amide bonds. The van der Waals surface area contributed by atoms with Crippen molar-refractivity contribution in [2.45, 2.75) is 107 Å². The number of rotatable bonds is 26. The van der Waals surface area contributed by atoms with Crippen LogP contribution in [-0.4, -0.2) is 47.3 Å². The molecule has 0 saturated heterocycles. The molecule has 8 nitrogen and oxygen atoms in total. The molecule has 0 aromatic heterocycles. The summed E-state index contributed by atoms with van der Waals surface area (Å²) in [6.07, 6.45) is 39.9. The summed E-state index contributed by atoms with van der Waals surface area (Å²) in [5.74, 6) is -3.01. The molecule has 0 spiro atoms. The molecule has 304 valence electrons. The van der Waals surface area contributed by atoms with Gasteiger partial charge in [-0.25, -0.2) is 0 Å². The van der Waals surface area contributed by atoms with Crippen molar-refractivity contribution in [3.63, 3.8) is 0 Å². The molecule has 0 aliphatic rings. The van der Waals surface area contributed by atoms with E-state index in [0.717, 1.165) is 59.1 Å². The molecule has 0 fully saturated rings. The molecule has 8 heteroatoms. The van der Waals surface area contributed by atoms with E-state index in [2.05, 4.69) is 102 Å². The summed E-state index contributed by atoms with van der Waals surface area (Å²) >= 11 is 0. The van der Waals surface area contributed by atoms with E-state index < -0.39 is 23.9 Å². The van der Waals surface area contributed by atoms with Crippen LogP contribution in [0, 0.1) is 0 Å². The Kier molecular flexibility index (Phi) is 28.7. The molecule has 0 aliphatic carbocycles. The summed E-state index contributed by atoms with van der Waals surface area (Å²) in [7, 11) is 0. The van der Waals surface area contributed by atoms with E-state index in [1.807, 2.05) is 62.5 Å². The standard InChI is InChI=1S/C48H64O8/c1-37(19-11-21-39(3)23-13-25-41(5)27-15-29-43(7)35-55-47(53)33-31-45(49)50)17-9-10-18-38(2)20-12-22-40(4)24-14-26-42(6)28-16-30-44(8)36-56-48(54)34-32-46(51)52/h9-14,17-26,29-30H,15-16,27-28,31-36H2,1-8H3,(H,49,50)(H,51,52)/b10-9+,19-11+,20-12+,23-13+,24-14+,37-17+,38-18+,39-21+,40-22+,41-25+,42-26+,43-29+,44-30+. The summed E-state index contributed by atoms with van der Waals surface area (Å²) < 4.78 is 10.2. The Morgan fingerprint density at radius 1 is 0.393 bits per heavy atom. The van der Waals surface area contributed by atoms with Crippen LogP contribution in [-0.2, 0) is 28.7 Å². The Hall–Kier alpha value is -5.50. The highest BCUT2D eigenvalue weighted by Crippen LogP contribution is 2.11. The summed E-state index contributed by atoms with van der Waals surface area (Å²) in [6.45, 7) is 16.6. The van der Waals surface area contributed by atoms with Gasteiger partial charge in [-0.05, 0) is 92.2 Å². The number of carboxylic acids is 2. The fraction of sp³-hybridized carbons (Fsp3) is 0.375. The van der Waals surface area contributed by atoms with Crippen LogP contribution < -0.4 is 0 Å². The summed E-state index contributed by atoms with van der Waals surface area (Å²) in [5.41, 5.74) is 8.92. The van der Waals surface area contributed by atoms with Crippen molar-refractivity contribution in [1.29, 1.82) is 0 Å². The van der Waals surface area contributed by atoms with Gasteiger partial charge in [0.05, 0.1) is 25.7 Å². The molecule has 0 aliphatic heterocycles. The molecule has 0 bridgehead atoms. The van der Waals surface area contributed by atoms with Crippen molar-refractivity contribution in [1.82, 2.24) is 0 Å². The largest absolute Gasteiger partial charge is 0.481 e. The van der Waals surface area contributed by atoms with Crippen LogP contribution in [0.4, 0.5) is 0 Å². The van der Waals surface area contributed by atoms with Gasteiger partial charge in [0, 0.05) is 0 Å². The van der Waals surface area contributed by atoms with Crippen molar-refractivity contribution in [3.05, 3.63) is 154 Å². The molecule has 0 radical (unpaired) electrons. The molecular weight excluding hydrogens is 705 g/mol. The van der Waals surface area contributed by atoms with Crippen molar-refractivity contribution in [2.75, 3.05) is 13.2 Å². The first-order chi connectivity index (χ1) is 26.6. The van der Waals surface area contributed by atoms with Gasteiger partial charge < -0.3 is 19.7 Å². The monoisotopic (exact) mass is 768 g/mol. The Bertz CT molecular complexity index is 1570. The Balaban J connectivity index is 4.66. The molecule has 2 N–H and O–H groups in total. The minimum Gasteiger partial charge on any atom is -0.481 e. The van der Waals surface area contributed by atoms with E-state index in [1.165, 1.54) is 11.1 Å². The summed E-state index contributed by atoms with van der Waals surface area (Å²) in [5, 5.41) is 17.3. The van der Waals surface area contributed by atoms with Crippen LogP contribution in [0.15, 0.2) is 154 Å². The van der Waals surface area contributed by atoms with E-state index in [4.69, 9.17) is 19.7 Å². The fourth-order valence-electron chi connectivity index (χ4n) is 4.40. The first kappa shape index (κ1) is 50.5. The molecule has 56 heavy (non-hydrogen) atoms. The van der Waals surface area contributed by atoms with Gasteiger partial charge in [0.25, 0.3) is 0 Å². The second-order valence-electron chi connectivity index (χ2n) is 13.8. The lowest BCUT2D eigenvalue weighted by molar-refractivity contribution is -0.147. The van der Waals surface area contributed by atoms with Crippen molar-refractivity contribution < 1.29 is 38.9 Å². The Morgan fingerprint density at radius 3 is 1.02 bits per heavy atom. The second kappa shape index (κ2) is 31.8. The average molecular weight is 769 g/mol. The Morgan fingerprint density at radius 2 is 0.696 bits per heavy atom. The molecule has 0 unspecified atom stereocenters. The minimum atomic E-state index is -1.01. The zero-order valence-electron chi connectivity index (χ0n) is 34.8. The highest BCUT2D eigenvalue weighted by atomic mass is 16.5. The molecule has 0 saturated carbocycles. The molecule has 0 heterocycles. The van der Waals surface area contributed by atoms with Crippen LogP contribution in [0.25, 0.3) is 0 Å². The second-order valence-corrected chi connectivity index (χ2v) is 13.8. The third-order valence-corrected chi connectivity index (χ3v) is 7.82. The SMILES string of the molecule is CC(/C=C/C=C(C)/C=C/C=C(\C)CC/C=C(\C)COC(=O)CCC(=O)O)=C\C=C\C=C(C)\C=C\C=C(C)\C=C\C=C(/C)CC/C=C(\C)COC(=O)CCC(=O)O. The van der Waals surface area contributed by atoms with E-state index in [0.29, 0.717) is 0 Å². The highest BCUT2D eigenvalue weighted by Gasteiger charge is 2.07. The summed E-state index contributed by atoms with van der Waals surface area (Å²) in [6, 6.07) is 0. The van der Waals surface area contributed by atoms with Gasteiger partial charge in [-0.15, -0.1) is 0 Å². The predicted octanol–water partition coefficient (Wildman–Crippen LogP) is 11.7. The normalized spacial score (nSPS) is 14.6. The zero-order valence-corrected chi connectivity index (χ0v) is 34.8. The van der Waals surface area contributed by atoms with E-state index >= 15 is 0 Å². The first-order valence-corrected chi connectivity index (χ1v) is 19.0. The van der Waals surface area contributed by atoms with Crippen molar-refractivity contribution >= 4 is 23.9 Å². The van der Waals surface area contributed by atoms with Gasteiger partial charge in [0.1, 0.15) is 13.2 Å². The number of carbonyl (C=O) groups is 4. The van der Waals surface area contributed by atoms with Crippen LogP contribution in [0.2, 0.25) is 0 Å². The van der Waals surface area contributed by atoms with Crippen molar-refractivity contribution in [3.8, 4) is 0 Å². The number of carbonyl (C=O) groups excluding carboxylic acids is 2. The maximum Gasteiger partial charge on any atom is 0.306 e. The van der Waals surface area contributed by atoms with Crippen LogP contribution in [0.1, 0.15) is 107 Å². The topological polar surface area (TPSA) is 127 Å². The summed E-state index contributed by atoms with van der Waals surface area (Å²) in [4.78, 5) is 44.2. The van der Waals surface area contributed by atoms with Gasteiger partial charge in [0.2, 0.25) is 0 Å². The number of esters is 2. The minimum absolute atomic E-state index is 0.110. The number of hydrogen-bond donors (Lipinski definition) is 2. The highest BCUT2D eigenvalue weighted by molar-refractivity contribution is 5.77. The molecule has 0 atom stereocenters. The van der Waals surface area contributed by atoms with E-state index in [9.17, 15) is 19.2 Å². The third-order valence-electron chi connectivity index (χ3n) is 7.82. The van der Waals surface area contributed by atoms with Gasteiger partial charge in [0.15, 0.2) is 0 Å². The smallest absolute Gasteiger partial charge is 0.306 e. The quantitative estimate of drug-likeness (QED) is 0.0506. The fourth-order valence-corrected chi connectivity index (χ4v) is 4.40. The maximum absolute atomic E-state index is 11.5. The van der Waals surface area contributed by atoms with Gasteiger partial charge in [-0.1, -0.05) is 143 Å². The van der Waals surface area contributed by atoms with Crippen LogP contribution in [0.5, 0.6) is 0 Å². The molecular formula is C48H64O8. The maximum atomic E-state index is 11.5. The predicted molar refractivity (Wildman–Crippen MR) is 230 cm³/mol. The molecule has 0 aromatic rings. The van der Waals surface area contributed by atoms with Gasteiger partial charge in [-0.2, -0.15) is 0 Å². The first-order valence-electron chi connectivity index (χ1n) is 19.0. The number of allylic oxidation sites excluding steroid dienone is 24. The van der Waals surface area contributed by atoms with Gasteiger partial charge >= 0.3 is 23.9 Å². The zero-order chi connectivity index (χ0) is 42.1.